The summed E-state index contributed by atoms with van der Waals surface area (Å²) in [5.74, 6) is 1.44. The van der Waals surface area contributed by atoms with Crippen LogP contribution in [0.4, 0.5) is 5.82 Å². The highest BCUT2D eigenvalue weighted by Gasteiger charge is 2.11. The second-order valence-electron chi connectivity index (χ2n) is 5.35. The lowest BCUT2D eigenvalue weighted by Gasteiger charge is -2.15. The summed E-state index contributed by atoms with van der Waals surface area (Å²) in [7, 11) is 0. The van der Waals surface area contributed by atoms with Crippen molar-refractivity contribution in [2.75, 3.05) is 11.9 Å². The standard InChI is InChI=1S/C17H19N3/c1-4-19-17-14(11(2)3)9-13-6-5-12-7-8-18-10-15(12)16(13)20-17/h5-11H,4H2,1-3H3,(H,19,20). The first kappa shape index (κ1) is 12.9. The summed E-state index contributed by atoms with van der Waals surface area (Å²) in [5.41, 5.74) is 2.29. The molecule has 0 aliphatic heterocycles. The smallest absolute Gasteiger partial charge is 0.130 e. The molecule has 20 heavy (non-hydrogen) atoms. The van der Waals surface area contributed by atoms with Crippen molar-refractivity contribution in [1.82, 2.24) is 9.97 Å². The van der Waals surface area contributed by atoms with Crippen LogP contribution in [0.1, 0.15) is 32.3 Å². The summed E-state index contributed by atoms with van der Waals surface area (Å²) < 4.78 is 0. The van der Waals surface area contributed by atoms with Crippen LogP contribution < -0.4 is 5.32 Å². The molecule has 3 aromatic rings. The van der Waals surface area contributed by atoms with Crippen LogP contribution in [-0.4, -0.2) is 16.5 Å². The van der Waals surface area contributed by atoms with E-state index in [-0.39, 0.29) is 0 Å². The predicted molar refractivity (Wildman–Crippen MR) is 85.3 cm³/mol. The number of rotatable bonds is 3. The molecule has 0 atom stereocenters. The molecule has 3 heteroatoms. The van der Waals surface area contributed by atoms with Crippen molar-refractivity contribution in [2.45, 2.75) is 26.7 Å². The fourth-order valence-electron chi connectivity index (χ4n) is 2.57. The van der Waals surface area contributed by atoms with Crippen LogP contribution in [0.3, 0.4) is 0 Å². The summed E-state index contributed by atoms with van der Waals surface area (Å²) in [6, 6.07) is 8.56. The predicted octanol–water partition coefficient (Wildman–Crippen LogP) is 4.34. The van der Waals surface area contributed by atoms with Gasteiger partial charge in [0.15, 0.2) is 0 Å². The highest BCUT2D eigenvalue weighted by Crippen LogP contribution is 2.30. The van der Waals surface area contributed by atoms with Gasteiger partial charge in [-0.15, -0.1) is 0 Å². The topological polar surface area (TPSA) is 37.8 Å². The van der Waals surface area contributed by atoms with E-state index < -0.39 is 0 Å². The molecule has 1 N–H and O–H groups in total. The van der Waals surface area contributed by atoms with Crippen molar-refractivity contribution < 1.29 is 0 Å². The minimum absolute atomic E-state index is 0.450. The minimum Gasteiger partial charge on any atom is -0.370 e. The Bertz CT molecular complexity index is 763. The van der Waals surface area contributed by atoms with Crippen molar-refractivity contribution in [3.63, 3.8) is 0 Å². The van der Waals surface area contributed by atoms with E-state index in [1.807, 2.05) is 18.5 Å². The summed E-state index contributed by atoms with van der Waals surface area (Å²) in [4.78, 5) is 9.10. The molecule has 0 bridgehead atoms. The van der Waals surface area contributed by atoms with E-state index in [1.54, 1.807) is 0 Å². The van der Waals surface area contributed by atoms with Crippen LogP contribution in [0.15, 0.2) is 36.7 Å². The molecule has 0 saturated carbocycles. The Morgan fingerprint density at radius 3 is 2.70 bits per heavy atom. The van der Waals surface area contributed by atoms with Gasteiger partial charge in [0.1, 0.15) is 5.82 Å². The maximum absolute atomic E-state index is 4.86. The molecule has 0 radical (unpaired) electrons. The lowest BCUT2D eigenvalue weighted by molar-refractivity contribution is 0.862. The number of fused-ring (bicyclic) bond motifs is 3. The maximum Gasteiger partial charge on any atom is 0.130 e. The molecule has 0 fully saturated rings. The Morgan fingerprint density at radius 1 is 1.15 bits per heavy atom. The third-order valence-electron chi connectivity index (χ3n) is 3.60. The Balaban J connectivity index is 2.35. The third-order valence-corrected chi connectivity index (χ3v) is 3.60. The van der Waals surface area contributed by atoms with Crippen molar-refractivity contribution >= 4 is 27.5 Å². The molecule has 0 unspecified atom stereocenters. The SMILES string of the molecule is CCNc1nc2c(ccc3ccncc32)cc1C(C)C. The van der Waals surface area contributed by atoms with Gasteiger partial charge in [0.25, 0.3) is 0 Å². The van der Waals surface area contributed by atoms with Gasteiger partial charge in [0.2, 0.25) is 0 Å². The first-order chi connectivity index (χ1) is 9.70. The lowest BCUT2D eigenvalue weighted by Crippen LogP contribution is -2.05. The Labute approximate surface area is 119 Å². The maximum atomic E-state index is 4.86. The zero-order valence-corrected chi connectivity index (χ0v) is 12.1. The Morgan fingerprint density at radius 2 is 1.95 bits per heavy atom. The van der Waals surface area contributed by atoms with Gasteiger partial charge in [0, 0.05) is 29.7 Å². The Kier molecular flexibility index (Phi) is 3.26. The molecular formula is C17H19N3. The largest absolute Gasteiger partial charge is 0.370 e. The number of benzene rings is 1. The quantitative estimate of drug-likeness (QED) is 0.716. The van der Waals surface area contributed by atoms with Gasteiger partial charge in [-0.3, -0.25) is 4.98 Å². The first-order valence-electron chi connectivity index (χ1n) is 7.12. The number of nitrogens with zero attached hydrogens (tertiary/aromatic N) is 2. The second-order valence-corrected chi connectivity index (χ2v) is 5.35. The van der Waals surface area contributed by atoms with Crippen LogP contribution in [0.25, 0.3) is 21.7 Å². The molecule has 2 aromatic heterocycles. The van der Waals surface area contributed by atoms with Gasteiger partial charge < -0.3 is 5.32 Å². The zero-order valence-electron chi connectivity index (χ0n) is 12.1. The molecule has 1 aromatic carbocycles. The van der Waals surface area contributed by atoms with E-state index >= 15 is 0 Å². The van der Waals surface area contributed by atoms with E-state index in [4.69, 9.17) is 4.98 Å². The van der Waals surface area contributed by atoms with E-state index in [0.29, 0.717) is 5.92 Å². The lowest BCUT2D eigenvalue weighted by atomic mass is 10.00. The van der Waals surface area contributed by atoms with Gasteiger partial charge in [-0.25, -0.2) is 4.98 Å². The first-order valence-corrected chi connectivity index (χ1v) is 7.12. The molecule has 102 valence electrons. The van der Waals surface area contributed by atoms with Crippen molar-refractivity contribution in [3.05, 3.63) is 42.2 Å². The molecule has 0 aliphatic carbocycles. The van der Waals surface area contributed by atoms with E-state index in [9.17, 15) is 0 Å². The normalized spacial score (nSPS) is 11.4. The highest BCUT2D eigenvalue weighted by atomic mass is 15.0. The molecule has 0 saturated heterocycles. The van der Waals surface area contributed by atoms with E-state index in [1.165, 1.54) is 16.3 Å². The van der Waals surface area contributed by atoms with Crippen molar-refractivity contribution in [1.29, 1.82) is 0 Å². The van der Waals surface area contributed by atoms with E-state index in [2.05, 4.69) is 49.3 Å². The summed E-state index contributed by atoms with van der Waals surface area (Å²) in [6.45, 7) is 7.38. The van der Waals surface area contributed by atoms with Gasteiger partial charge in [-0.2, -0.15) is 0 Å². The zero-order chi connectivity index (χ0) is 14.1. The van der Waals surface area contributed by atoms with Gasteiger partial charge in [-0.1, -0.05) is 26.0 Å². The molecule has 2 heterocycles. The van der Waals surface area contributed by atoms with Crippen LogP contribution in [-0.2, 0) is 0 Å². The molecule has 3 nitrogen and oxygen atoms in total. The molecular weight excluding hydrogens is 246 g/mol. The van der Waals surface area contributed by atoms with E-state index in [0.717, 1.165) is 23.3 Å². The van der Waals surface area contributed by atoms with Crippen molar-refractivity contribution in [3.8, 4) is 0 Å². The molecule has 0 amide bonds. The van der Waals surface area contributed by atoms with Crippen LogP contribution in [0.5, 0.6) is 0 Å². The minimum atomic E-state index is 0.450. The summed E-state index contributed by atoms with van der Waals surface area (Å²) in [6.07, 6.45) is 3.72. The monoisotopic (exact) mass is 265 g/mol. The molecule has 0 aliphatic rings. The summed E-state index contributed by atoms with van der Waals surface area (Å²) in [5, 5.41) is 6.85. The number of hydrogen-bond acceptors (Lipinski definition) is 3. The van der Waals surface area contributed by atoms with Crippen LogP contribution in [0.2, 0.25) is 0 Å². The number of anilines is 1. The number of aromatic nitrogens is 2. The van der Waals surface area contributed by atoms with Gasteiger partial charge >= 0.3 is 0 Å². The van der Waals surface area contributed by atoms with Crippen LogP contribution >= 0.6 is 0 Å². The van der Waals surface area contributed by atoms with Gasteiger partial charge in [-0.05, 0) is 35.9 Å². The molecule has 3 rings (SSSR count). The fourth-order valence-corrected chi connectivity index (χ4v) is 2.57. The van der Waals surface area contributed by atoms with Crippen molar-refractivity contribution in [2.24, 2.45) is 0 Å². The number of pyridine rings is 2. The Hall–Kier alpha value is -2.16. The fraction of sp³-hybridized carbons (Fsp3) is 0.294. The molecule has 0 spiro atoms. The third kappa shape index (κ3) is 2.09. The summed E-state index contributed by atoms with van der Waals surface area (Å²) >= 11 is 0. The second kappa shape index (κ2) is 5.08. The van der Waals surface area contributed by atoms with Crippen LogP contribution in [0, 0.1) is 0 Å². The highest BCUT2D eigenvalue weighted by molar-refractivity contribution is 6.05. The number of nitrogens with one attached hydrogen (secondary N) is 1. The number of hydrogen-bond donors (Lipinski definition) is 1. The average molecular weight is 265 g/mol. The van der Waals surface area contributed by atoms with Gasteiger partial charge in [0.05, 0.1) is 5.52 Å². The average Bonchev–Trinajstić information content (AvgIpc) is 2.46.